The summed E-state index contributed by atoms with van der Waals surface area (Å²) in [5.41, 5.74) is 0.950. The molecular weight excluding hydrogens is 374 g/mol. The van der Waals surface area contributed by atoms with Gasteiger partial charge in [-0.05, 0) is 50.1 Å². The normalized spacial score (nSPS) is 17.8. The molecule has 1 aliphatic rings. The number of hydrogen-bond donors (Lipinski definition) is 1. The summed E-state index contributed by atoms with van der Waals surface area (Å²) < 4.78 is 53.4. The Hall–Kier alpha value is -2.32. The fraction of sp³-hybridized carbons (Fsp3) is 0.316. The molecule has 0 saturated carbocycles. The molecule has 1 heterocycles. The average Bonchev–Trinajstić information content (AvgIpc) is 3.12. The molecule has 0 unspecified atom stereocenters. The molecule has 27 heavy (non-hydrogen) atoms. The summed E-state index contributed by atoms with van der Waals surface area (Å²) in [7, 11) is -3.66. The molecule has 2 aromatic carbocycles. The molecule has 8 heteroatoms. The fourth-order valence-corrected chi connectivity index (χ4v) is 4.82. The zero-order chi connectivity index (χ0) is 19.6. The van der Waals surface area contributed by atoms with E-state index in [4.69, 9.17) is 0 Å². The number of halogens is 2. The van der Waals surface area contributed by atoms with E-state index < -0.39 is 27.6 Å². The fourth-order valence-electron chi connectivity index (χ4n) is 3.13. The zero-order valence-electron chi connectivity index (χ0n) is 14.8. The molecule has 1 N–H and O–H groups in total. The van der Waals surface area contributed by atoms with E-state index in [-0.39, 0.29) is 23.0 Å². The second-order valence-corrected chi connectivity index (χ2v) is 8.45. The van der Waals surface area contributed by atoms with Gasteiger partial charge in [0.1, 0.15) is 0 Å². The molecule has 1 amide bonds. The lowest BCUT2D eigenvalue weighted by atomic mass is 10.2. The summed E-state index contributed by atoms with van der Waals surface area (Å²) in [6, 6.07) is 9.12. The minimum absolute atomic E-state index is 0.0140. The predicted octanol–water partition coefficient (Wildman–Crippen LogP) is 2.86. The number of nitrogens with zero attached hydrogens (tertiary/aromatic N) is 1. The minimum atomic E-state index is -3.66. The van der Waals surface area contributed by atoms with Gasteiger partial charge in [-0.1, -0.05) is 17.7 Å². The van der Waals surface area contributed by atoms with Crippen LogP contribution in [0.1, 0.15) is 28.8 Å². The third-order valence-corrected chi connectivity index (χ3v) is 6.60. The third-order valence-electron chi connectivity index (χ3n) is 4.63. The molecule has 5 nitrogen and oxygen atoms in total. The van der Waals surface area contributed by atoms with Gasteiger partial charge in [0.25, 0.3) is 5.91 Å². The summed E-state index contributed by atoms with van der Waals surface area (Å²) in [6.07, 6.45) is 1.31. The Labute approximate surface area is 157 Å². The van der Waals surface area contributed by atoms with E-state index in [0.717, 1.165) is 17.7 Å². The maximum absolute atomic E-state index is 13.3. The van der Waals surface area contributed by atoms with Crippen LogP contribution in [0, 0.1) is 18.6 Å². The maximum Gasteiger partial charge on any atom is 0.251 e. The summed E-state index contributed by atoms with van der Waals surface area (Å²) in [6.45, 7) is 2.35. The van der Waals surface area contributed by atoms with E-state index in [1.54, 1.807) is 24.3 Å². The number of benzene rings is 2. The van der Waals surface area contributed by atoms with Gasteiger partial charge in [-0.2, -0.15) is 4.31 Å². The van der Waals surface area contributed by atoms with Gasteiger partial charge in [-0.3, -0.25) is 4.79 Å². The van der Waals surface area contributed by atoms with Crippen LogP contribution in [0.3, 0.4) is 0 Å². The molecule has 0 bridgehead atoms. The molecule has 0 spiro atoms. The quantitative estimate of drug-likeness (QED) is 0.848. The summed E-state index contributed by atoms with van der Waals surface area (Å²) in [5.74, 6) is -2.71. The second-order valence-electron chi connectivity index (χ2n) is 6.56. The molecule has 3 rings (SSSR count). The molecule has 144 valence electrons. The SMILES string of the molecule is Cc1ccc(S(=O)(=O)N2CCC[C@H]2CNC(=O)c2ccc(F)c(F)c2)cc1. The average molecular weight is 394 g/mol. The van der Waals surface area contributed by atoms with E-state index in [0.29, 0.717) is 19.4 Å². The molecule has 1 saturated heterocycles. The first-order chi connectivity index (χ1) is 12.8. The van der Waals surface area contributed by atoms with Crippen molar-refractivity contribution in [3.8, 4) is 0 Å². The number of amides is 1. The molecule has 1 fully saturated rings. The third kappa shape index (κ3) is 4.17. The largest absolute Gasteiger partial charge is 0.350 e. The molecule has 2 aromatic rings. The Morgan fingerprint density at radius 3 is 2.52 bits per heavy atom. The van der Waals surface area contributed by atoms with Gasteiger partial charge in [-0.15, -0.1) is 0 Å². The van der Waals surface area contributed by atoms with Crippen LogP contribution in [0.2, 0.25) is 0 Å². The molecule has 1 aliphatic heterocycles. The molecule has 0 radical (unpaired) electrons. The minimum Gasteiger partial charge on any atom is -0.350 e. The van der Waals surface area contributed by atoms with Crippen molar-refractivity contribution in [2.75, 3.05) is 13.1 Å². The van der Waals surface area contributed by atoms with Crippen LogP contribution in [0.4, 0.5) is 8.78 Å². The summed E-state index contributed by atoms with van der Waals surface area (Å²) in [4.78, 5) is 12.4. The van der Waals surface area contributed by atoms with E-state index in [2.05, 4.69) is 5.32 Å². The van der Waals surface area contributed by atoms with Crippen molar-refractivity contribution in [3.63, 3.8) is 0 Å². The van der Waals surface area contributed by atoms with Crippen LogP contribution < -0.4 is 5.32 Å². The van der Waals surface area contributed by atoms with Crippen LogP contribution in [0.5, 0.6) is 0 Å². The topological polar surface area (TPSA) is 66.5 Å². The number of carbonyl (C=O) groups excluding carboxylic acids is 1. The van der Waals surface area contributed by atoms with E-state index in [9.17, 15) is 22.0 Å². The summed E-state index contributed by atoms with van der Waals surface area (Å²) in [5, 5.41) is 2.62. The van der Waals surface area contributed by atoms with Crippen LogP contribution in [-0.4, -0.2) is 37.8 Å². The van der Waals surface area contributed by atoms with Crippen molar-refractivity contribution in [2.45, 2.75) is 30.7 Å². The number of aryl methyl sites for hydroxylation is 1. The van der Waals surface area contributed by atoms with Gasteiger partial charge in [0.2, 0.25) is 10.0 Å². The number of nitrogens with one attached hydrogen (secondary N) is 1. The van der Waals surface area contributed by atoms with Crippen molar-refractivity contribution in [2.24, 2.45) is 0 Å². The standard InChI is InChI=1S/C19H20F2N2O3S/c1-13-4-7-16(8-5-13)27(25,26)23-10-2-3-15(23)12-22-19(24)14-6-9-17(20)18(21)11-14/h4-9,11,15H,2-3,10,12H2,1H3,(H,22,24)/t15-/m0/s1. The lowest BCUT2D eigenvalue weighted by Gasteiger charge is -2.24. The number of carbonyl (C=O) groups is 1. The van der Waals surface area contributed by atoms with Gasteiger partial charge < -0.3 is 5.32 Å². The summed E-state index contributed by atoms with van der Waals surface area (Å²) >= 11 is 0. The maximum atomic E-state index is 13.3. The van der Waals surface area contributed by atoms with Crippen LogP contribution in [0.15, 0.2) is 47.4 Å². The number of rotatable bonds is 5. The van der Waals surface area contributed by atoms with E-state index >= 15 is 0 Å². The highest BCUT2D eigenvalue weighted by atomic mass is 32.2. The first-order valence-corrected chi connectivity index (χ1v) is 10.0. The molecule has 1 atom stereocenters. The number of hydrogen-bond acceptors (Lipinski definition) is 3. The predicted molar refractivity (Wildman–Crippen MR) is 96.8 cm³/mol. The monoisotopic (exact) mass is 394 g/mol. The lowest BCUT2D eigenvalue weighted by molar-refractivity contribution is 0.0946. The van der Waals surface area contributed by atoms with E-state index in [1.807, 2.05) is 6.92 Å². The highest BCUT2D eigenvalue weighted by Crippen LogP contribution is 2.26. The first kappa shape index (κ1) is 19.4. The first-order valence-electron chi connectivity index (χ1n) is 8.61. The van der Waals surface area contributed by atoms with Crippen LogP contribution >= 0.6 is 0 Å². The Balaban J connectivity index is 1.70. The van der Waals surface area contributed by atoms with Gasteiger partial charge >= 0.3 is 0 Å². The zero-order valence-corrected chi connectivity index (χ0v) is 15.6. The van der Waals surface area contributed by atoms with Gasteiger partial charge in [0, 0.05) is 24.7 Å². The second kappa shape index (κ2) is 7.74. The Bertz CT molecular complexity index is 946. The molecule has 0 aromatic heterocycles. The van der Waals surface area contributed by atoms with Crippen molar-refractivity contribution in [1.82, 2.24) is 9.62 Å². The molecular formula is C19H20F2N2O3S. The van der Waals surface area contributed by atoms with E-state index in [1.165, 1.54) is 10.4 Å². The van der Waals surface area contributed by atoms with Crippen molar-refractivity contribution in [3.05, 3.63) is 65.2 Å². The van der Waals surface area contributed by atoms with Gasteiger partial charge in [0.15, 0.2) is 11.6 Å². The Morgan fingerprint density at radius 2 is 1.85 bits per heavy atom. The highest BCUT2D eigenvalue weighted by Gasteiger charge is 2.35. The Kier molecular flexibility index (Phi) is 5.57. The van der Waals surface area contributed by atoms with Crippen molar-refractivity contribution < 1.29 is 22.0 Å². The number of sulfonamides is 1. The Morgan fingerprint density at radius 1 is 1.15 bits per heavy atom. The lowest BCUT2D eigenvalue weighted by Crippen LogP contribution is -2.43. The smallest absolute Gasteiger partial charge is 0.251 e. The van der Waals surface area contributed by atoms with Gasteiger partial charge in [0.05, 0.1) is 4.90 Å². The van der Waals surface area contributed by atoms with Gasteiger partial charge in [-0.25, -0.2) is 17.2 Å². The van der Waals surface area contributed by atoms with Crippen LogP contribution in [0.25, 0.3) is 0 Å². The molecule has 0 aliphatic carbocycles. The highest BCUT2D eigenvalue weighted by molar-refractivity contribution is 7.89. The van der Waals surface area contributed by atoms with Crippen LogP contribution in [-0.2, 0) is 10.0 Å². The van der Waals surface area contributed by atoms with Crippen molar-refractivity contribution >= 4 is 15.9 Å². The van der Waals surface area contributed by atoms with Crippen molar-refractivity contribution in [1.29, 1.82) is 0 Å².